The first-order valence-electron chi connectivity index (χ1n) is 7.55. The van der Waals surface area contributed by atoms with E-state index in [1.54, 1.807) is 18.3 Å². The van der Waals surface area contributed by atoms with Crippen molar-refractivity contribution in [1.29, 1.82) is 0 Å². The van der Waals surface area contributed by atoms with Gasteiger partial charge in [0.25, 0.3) is 5.91 Å². The summed E-state index contributed by atoms with van der Waals surface area (Å²) in [5.74, 6) is 0.383. The van der Waals surface area contributed by atoms with Crippen molar-refractivity contribution < 1.29 is 9.53 Å². The van der Waals surface area contributed by atoms with Crippen LogP contribution in [0.25, 0.3) is 0 Å². The van der Waals surface area contributed by atoms with Crippen LogP contribution in [0.3, 0.4) is 0 Å². The van der Waals surface area contributed by atoms with Crippen LogP contribution in [0.2, 0.25) is 0 Å². The summed E-state index contributed by atoms with van der Waals surface area (Å²) in [4.78, 5) is 16.4. The highest BCUT2D eigenvalue weighted by molar-refractivity contribution is 5.94. The molecular weight excluding hydrogens is 280 g/mol. The molecule has 2 N–H and O–H groups in total. The molecule has 1 aliphatic carbocycles. The zero-order chi connectivity index (χ0) is 15.5. The number of aryl methyl sites for hydroxylation is 2. The third-order valence-corrected chi connectivity index (χ3v) is 4.04. The number of ether oxygens (including phenoxy) is 1. The quantitative estimate of drug-likeness (QED) is 0.888. The summed E-state index contributed by atoms with van der Waals surface area (Å²) >= 11 is 0. The molecule has 1 aliphatic rings. The first-order valence-corrected chi connectivity index (χ1v) is 7.55. The second kappa shape index (κ2) is 6.17. The van der Waals surface area contributed by atoms with E-state index in [0.29, 0.717) is 18.0 Å². The molecule has 6 heteroatoms. The van der Waals surface area contributed by atoms with E-state index in [9.17, 15) is 4.79 Å². The fraction of sp³-hybridized carbons (Fsp3) is 0.438. The normalized spacial score (nSPS) is 14.5. The van der Waals surface area contributed by atoms with Crippen molar-refractivity contribution in [2.24, 2.45) is 0 Å². The minimum absolute atomic E-state index is 0.138. The molecule has 0 aliphatic heterocycles. The molecule has 0 radical (unpaired) electrons. The number of H-pyrrole nitrogens is 1. The average Bonchev–Trinajstić information content (AvgIpc) is 2.80. The zero-order valence-electron chi connectivity index (χ0n) is 12.8. The van der Waals surface area contributed by atoms with Crippen LogP contribution in [0, 0.1) is 13.8 Å². The summed E-state index contributed by atoms with van der Waals surface area (Å²) in [6.45, 7) is 4.31. The van der Waals surface area contributed by atoms with Gasteiger partial charge in [0.05, 0.1) is 5.69 Å². The third-order valence-electron chi connectivity index (χ3n) is 4.04. The number of nitrogens with one attached hydrogen (secondary N) is 2. The Morgan fingerprint density at radius 2 is 2.27 bits per heavy atom. The topological polar surface area (TPSA) is 79.9 Å². The molecule has 0 saturated heterocycles. The van der Waals surface area contributed by atoms with Gasteiger partial charge in [-0.3, -0.25) is 9.89 Å². The maximum Gasteiger partial charge on any atom is 0.251 e. The second-order valence-corrected chi connectivity index (χ2v) is 5.65. The lowest BCUT2D eigenvalue weighted by atomic mass is 9.96. The molecule has 1 saturated carbocycles. The fourth-order valence-electron chi connectivity index (χ4n) is 2.38. The molecule has 116 valence electrons. The molecule has 0 aromatic carbocycles. The molecule has 1 amide bonds. The maximum atomic E-state index is 12.3. The highest BCUT2D eigenvalue weighted by atomic mass is 16.5. The molecule has 0 atom stereocenters. The number of aromatic nitrogens is 3. The van der Waals surface area contributed by atoms with Crippen LogP contribution >= 0.6 is 0 Å². The molecule has 0 unspecified atom stereocenters. The zero-order valence-corrected chi connectivity index (χ0v) is 12.8. The van der Waals surface area contributed by atoms with Gasteiger partial charge in [-0.15, -0.1) is 0 Å². The first-order chi connectivity index (χ1) is 10.6. The van der Waals surface area contributed by atoms with Crippen LogP contribution < -0.4 is 10.1 Å². The van der Waals surface area contributed by atoms with Crippen molar-refractivity contribution in [2.75, 3.05) is 0 Å². The van der Waals surface area contributed by atoms with Crippen LogP contribution in [0.4, 0.5) is 0 Å². The first kappa shape index (κ1) is 14.6. The number of hydrogen-bond donors (Lipinski definition) is 2. The molecule has 2 aromatic heterocycles. The third kappa shape index (κ3) is 3.10. The van der Waals surface area contributed by atoms with Gasteiger partial charge in [-0.1, -0.05) is 0 Å². The molecule has 2 aromatic rings. The van der Waals surface area contributed by atoms with Gasteiger partial charge in [0, 0.05) is 35.6 Å². The number of rotatable bonds is 5. The Bertz CT molecular complexity index is 657. The lowest BCUT2D eigenvalue weighted by Gasteiger charge is -2.25. The second-order valence-electron chi connectivity index (χ2n) is 5.65. The minimum Gasteiger partial charge on any atom is -0.474 e. The van der Waals surface area contributed by atoms with E-state index in [4.69, 9.17) is 4.74 Å². The number of carbonyl (C=O) groups excluding carboxylic acids is 1. The van der Waals surface area contributed by atoms with E-state index < -0.39 is 0 Å². The SMILES string of the molecule is Cc1n[nH]c(C)c1CNC(=O)c1ccnc(OC2CCC2)c1. The molecule has 2 heterocycles. The van der Waals surface area contributed by atoms with Crippen LogP contribution in [0.5, 0.6) is 5.88 Å². The van der Waals surface area contributed by atoms with Crippen LogP contribution in [0.1, 0.15) is 46.6 Å². The van der Waals surface area contributed by atoms with Crippen molar-refractivity contribution in [2.45, 2.75) is 45.8 Å². The number of pyridine rings is 1. The van der Waals surface area contributed by atoms with Crippen LogP contribution in [0.15, 0.2) is 18.3 Å². The highest BCUT2D eigenvalue weighted by Gasteiger charge is 2.20. The number of nitrogens with zero attached hydrogens (tertiary/aromatic N) is 2. The van der Waals surface area contributed by atoms with Crippen molar-refractivity contribution in [3.05, 3.63) is 40.8 Å². The van der Waals surface area contributed by atoms with Gasteiger partial charge in [0.15, 0.2) is 0 Å². The molecule has 3 rings (SSSR count). The van der Waals surface area contributed by atoms with Gasteiger partial charge < -0.3 is 10.1 Å². The van der Waals surface area contributed by atoms with E-state index in [0.717, 1.165) is 29.8 Å². The highest BCUT2D eigenvalue weighted by Crippen LogP contribution is 2.24. The van der Waals surface area contributed by atoms with Crippen molar-refractivity contribution >= 4 is 5.91 Å². The maximum absolute atomic E-state index is 12.3. The molecular formula is C16H20N4O2. The minimum atomic E-state index is -0.138. The molecule has 1 fully saturated rings. The van der Waals surface area contributed by atoms with Gasteiger partial charge in [-0.05, 0) is 39.2 Å². The number of amides is 1. The van der Waals surface area contributed by atoms with Crippen LogP contribution in [-0.4, -0.2) is 27.2 Å². The van der Waals surface area contributed by atoms with Gasteiger partial charge in [0.2, 0.25) is 5.88 Å². The summed E-state index contributed by atoms with van der Waals surface area (Å²) < 4.78 is 5.72. The number of carbonyl (C=O) groups is 1. The Kier molecular flexibility index (Phi) is 4.09. The van der Waals surface area contributed by atoms with E-state index in [1.165, 1.54) is 6.42 Å². The molecule has 6 nitrogen and oxygen atoms in total. The van der Waals surface area contributed by atoms with Crippen molar-refractivity contribution in [1.82, 2.24) is 20.5 Å². The summed E-state index contributed by atoms with van der Waals surface area (Å²) in [6.07, 6.45) is 5.20. The fourth-order valence-corrected chi connectivity index (χ4v) is 2.38. The average molecular weight is 300 g/mol. The van der Waals surface area contributed by atoms with Gasteiger partial charge in [0.1, 0.15) is 6.10 Å². The lowest BCUT2D eigenvalue weighted by molar-refractivity contribution is 0.0946. The van der Waals surface area contributed by atoms with Crippen molar-refractivity contribution in [3.8, 4) is 5.88 Å². The molecule has 0 spiro atoms. The number of hydrogen-bond acceptors (Lipinski definition) is 4. The Morgan fingerprint density at radius 3 is 2.91 bits per heavy atom. The van der Waals surface area contributed by atoms with Gasteiger partial charge in [-0.25, -0.2) is 4.98 Å². The lowest BCUT2D eigenvalue weighted by Crippen LogP contribution is -2.26. The smallest absolute Gasteiger partial charge is 0.251 e. The van der Waals surface area contributed by atoms with Crippen molar-refractivity contribution in [3.63, 3.8) is 0 Å². The van der Waals surface area contributed by atoms with E-state index in [1.807, 2.05) is 13.8 Å². The van der Waals surface area contributed by atoms with E-state index >= 15 is 0 Å². The van der Waals surface area contributed by atoms with Gasteiger partial charge >= 0.3 is 0 Å². The summed E-state index contributed by atoms with van der Waals surface area (Å²) in [5.41, 5.74) is 3.46. The van der Waals surface area contributed by atoms with E-state index in [-0.39, 0.29) is 12.0 Å². The molecule has 22 heavy (non-hydrogen) atoms. The number of aromatic amines is 1. The van der Waals surface area contributed by atoms with Gasteiger partial charge in [-0.2, -0.15) is 5.10 Å². The predicted molar refractivity (Wildman–Crippen MR) is 81.7 cm³/mol. The summed E-state index contributed by atoms with van der Waals surface area (Å²) in [6, 6.07) is 3.39. The molecule has 0 bridgehead atoms. The monoisotopic (exact) mass is 300 g/mol. The summed E-state index contributed by atoms with van der Waals surface area (Å²) in [5, 5.41) is 9.95. The van der Waals surface area contributed by atoms with E-state index in [2.05, 4.69) is 20.5 Å². The largest absolute Gasteiger partial charge is 0.474 e. The summed E-state index contributed by atoms with van der Waals surface area (Å²) in [7, 11) is 0. The Labute approximate surface area is 129 Å². The van der Waals surface area contributed by atoms with Crippen LogP contribution in [-0.2, 0) is 6.54 Å². The Balaban J connectivity index is 1.63. The Morgan fingerprint density at radius 1 is 1.45 bits per heavy atom. The predicted octanol–water partition coefficient (Wildman–Crippen LogP) is 2.28. The standard InChI is InChI=1S/C16H20N4O2/c1-10-14(11(2)20-19-10)9-18-16(21)12-6-7-17-15(8-12)22-13-4-3-5-13/h6-8,13H,3-5,9H2,1-2H3,(H,18,21)(H,19,20). The Hall–Kier alpha value is -2.37.